The van der Waals surface area contributed by atoms with Gasteiger partial charge in [-0.2, -0.15) is 0 Å². The Morgan fingerprint density at radius 2 is 1.24 bits per heavy atom. The molecule has 0 fully saturated rings. The van der Waals surface area contributed by atoms with Crippen LogP contribution in [-0.2, 0) is 36.7 Å². The van der Waals surface area contributed by atoms with Gasteiger partial charge in [0.1, 0.15) is 5.75 Å². The maximum absolute atomic E-state index is 12.9. The average Bonchev–Trinajstić information content (AvgIpc) is 2.92. The van der Waals surface area contributed by atoms with Crippen molar-refractivity contribution in [3.63, 3.8) is 0 Å². The molecule has 0 amide bonds. The number of hydrogen-bond acceptors (Lipinski definition) is 7. The molecule has 1 aromatic rings. The molecule has 7 nitrogen and oxygen atoms in total. The first-order valence-corrected chi connectivity index (χ1v) is 18.2. The van der Waals surface area contributed by atoms with Crippen LogP contribution in [0.4, 0.5) is 0 Å². The van der Waals surface area contributed by atoms with Crippen LogP contribution < -0.4 is 5.32 Å². The minimum absolute atomic E-state index is 0.00808. The van der Waals surface area contributed by atoms with Crippen molar-refractivity contribution in [3.05, 3.63) is 63.9 Å². The van der Waals surface area contributed by atoms with Crippen molar-refractivity contribution in [3.8, 4) is 5.75 Å². The molecule has 0 heterocycles. The summed E-state index contributed by atoms with van der Waals surface area (Å²) in [5.74, 6) is 0.346. The summed E-state index contributed by atoms with van der Waals surface area (Å²) in [5.41, 5.74) is 4.82. The Morgan fingerprint density at radius 3 is 1.60 bits per heavy atom. The van der Waals surface area contributed by atoms with Crippen LogP contribution in [0.3, 0.4) is 0 Å². The van der Waals surface area contributed by atoms with Gasteiger partial charge >= 0.3 is 21.0 Å². The number of rotatable bonds is 6. The summed E-state index contributed by atoms with van der Waals surface area (Å²) >= 11 is 1.06. The van der Waals surface area contributed by atoms with E-state index in [-0.39, 0.29) is 69.3 Å². The van der Waals surface area contributed by atoms with Gasteiger partial charge in [0.05, 0.1) is 25.3 Å². The van der Waals surface area contributed by atoms with E-state index in [1.54, 1.807) is 12.4 Å². The Kier molecular flexibility index (Phi) is 17.1. The first kappa shape index (κ1) is 47.7. The topological polar surface area (TPSA) is 119 Å². The summed E-state index contributed by atoms with van der Waals surface area (Å²) in [6.07, 6.45) is 7.51. The van der Waals surface area contributed by atoms with E-state index in [1.807, 2.05) is 18.2 Å². The number of phenols is 1. The second kappa shape index (κ2) is 17.9. The summed E-state index contributed by atoms with van der Waals surface area (Å²) in [5, 5.41) is 33.2. The standard InChI is InChI=1S/2C21H35NO2.O.V/c2*1-19(2,3)15-10-14(12-22-17(13-23)21(7,8)9)18(24)16(11-15)20(4,5)6;;/h10-12,17,23-24H,13H2,1-9H3;10-12,17,22-23H,13H2,1-9H3;;/b;14-12-;;/t2*17-;;/m10../s1. The van der Waals surface area contributed by atoms with Gasteiger partial charge in [-0.15, -0.1) is 0 Å². The second-order valence-corrected chi connectivity index (χ2v) is 19.7. The molecule has 0 bridgehead atoms. The number of hydrogen-bond donors (Lipinski definition) is 4. The van der Waals surface area contributed by atoms with Crippen molar-refractivity contribution < 1.29 is 41.2 Å². The van der Waals surface area contributed by atoms with Gasteiger partial charge in [0.15, 0.2) is 5.78 Å². The van der Waals surface area contributed by atoms with E-state index in [0.717, 1.165) is 39.6 Å². The van der Waals surface area contributed by atoms with Crippen LogP contribution in [0, 0.1) is 21.7 Å². The van der Waals surface area contributed by atoms with Crippen LogP contribution in [-0.4, -0.2) is 52.6 Å². The van der Waals surface area contributed by atoms with Gasteiger partial charge in [-0.05, 0) is 55.8 Å². The molecule has 0 aromatic heterocycles. The fourth-order valence-electron chi connectivity index (χ4n) is 4.99. The van der Waals surface area contributed by atoms with Crippen molar-refractivity contribution in [2.75, 3.05) is 13.2 Å². The van der Waals surface area contributed by atoms with Crippen molar-refractivity contribution in [2.45, 2.75) is 148 Å². The fourth-order valence-corrected chi connectivity index (χ4v) is 4.99. The van der Waals surface area contributed by atoms with E-state index >= 15 is 0 Å². The number of carbonyl (C=O) groups is 1. The van der Waals surface area contributed by atoms with E-state index in [4.69, 9.17) is 3.67 Å². The van der Waals surface area contributed by atoms with E-state index in [9.17, 15) is 20.1 Å². The van der Waals surface area contributed by atoms with Gasteiger partial charge in [-0.1, -0.05) is 137 Å². The number of carbonyl (C=O) groups excluding carboxylic acids is 1. The van der Waals surface area contributed by atoms with Crippen molar-refractivity contribution in [1.82, 2.24) is 5.32 Å². The monoisotopic (exact) mass is 733 g/mol. The number of aliphatic imine (C=N–C) groups is 1. The van der Waals surface area contributed by atoms with Crippen molar-refractivity contribution in [2.24, 2.45) is 26.7 Å². The van der Waals surface area contributed by atoms with E-state index in [2.05, 4.69) is 141 Å². The van der Waals surface area contributed by atoms with Crippen LogP contribution in [0.1, 0.15) is 141 Å². The number of nitrogens with one attached hydrogen (secondary N) is 1. The molecule has 0 radical (unpaired) electrons. The Hall–Kier alpha value is -2.32. The molecule has 0 unspecified atom stereocenters. The van der Waals surface area contributed by atoms with Crippen LogP contribution in [0.15, 0.2) is 52.2 Å². The Labute approximate surface area is 314 Å². The zero-order valence-corrected chi connectivity index (χ0v) is 36.0. The molecule has 1 aliphatic rings. The molecule has 0 spiro atoms. The van der Waals surface area contributed by atoms with Gasteiger partial charge in [-0.25, -0.2) is 0 Å². The summed E-state index contributed by atoms with van der Waals surface area (Å²) in [6, 6.07) is 3.80. The Balaban J connectivity index is 0.000000915. The fraction of sp³-hybridized carbons (Fsp3) is 0.667. The number of ketones is 1. The van der Waals surface area contributed by atoms with Gasteiger partial charge in [0, 0.05) is 34.7 Å². The van der Waals surface area contributed by atoms with E-state index in [0.29, 0.717) is 5.57 Å². The number of Topliss-reactive ketones (excluding diaryl/α,β-unsaturated/α-hetero) is 1. The normalized spacial score (nSPS) is 16.9. The number of allylic oxidation sites excluding steroid dienone is 5. The second-order valence-electron chi connectivity index (χ2n) is 19.7. The van der Waals surface area contributed by atoms with Crippen LogP contribution in [0.25, 0.3) is 0 Å². The Morgan fingerprint density at radius 1 is 0.720 bits per heavy atom. The van der Waals surface area contributed by atoms with Gasteiger partial charge < -0.3 is 20.6 Å². The van der Waals surface area contributed by atoms with Crippen LogP contribution in [0.5, 0.6) is 5.75 Å². The number of phenolic OH excluding ortho intramolecular Hbond substituents is 1. The van der Waals surface area contributed by atoms with Gasteiger partial charge in [0.25, 0.3) is 0 Å². The molecule has 4 N–H and O–H groups in total. The third-order valence-corrected chi connectivity index (χ3v) is 8.84. The van der Waals surface area contributed by atoms with E-state index < -0.39 is 0 Å². The third kappa shape index (κ3) is 14.4. The predicted molar refractivity (Wildman–Crippen MR) is 206 cm³/mol. The van der Waals surface area contributed by atoms with Crippen molar-refractivity contribution >= 4 is 12.0 Å². The quantitative estimate of drug-likeness (QED) is 0.171. The first-order chi connectivity index (χ1) is 22.3. The molecule has 1 aliphatic carbocycles. The SMILES string of the molecule is CC(C)(C)C1=C/C(=C/N[C@@H](CO)C(C)(C)C)C(=O)C(C(C)(C)C)=C1.CC(C)(C)c1cc(C=N[C@H](CO)C(C)(C)C)c(O)c(C(C)(C)C)c1.[O]=[V]. The van der Waals surface area contributed by atoms with Crippen LogP contribution in [0.2, 0.25) is 0 Å². The number of nitrogens with zero attached hydrogens (tertiary/aromatic N) is 1. The summed E-state index contributed by atoms with van der Waals surface area (Å²) in [7, 11) is 0. The first-order valence-electron chi connectivity index (χ1n) is 17.6. The molecule has 0 saturated carbocycles. The molecular weight excluding hydrogens is 663 g/mol. The van der Waals surface area contributed by atoms with Crippen molar-refractivity contribution in [1.29, 1.82) is 0 Å². The number of aliphatic hydroxyl groups is 2. The molecular formula is C42H70N2O5V. The average molecular weight is 734 g/mol. The Bertz CT molecular complexity index is 1410. The molecule has 283 valence electrons. The summed E-state index contributed by atoms with van der Waals surface area (Å²) in [4.78, 5) is 17.5. The minimum atomic E-state index is -0.207. The third-order valence-electron chi connectivity index (χ3n) is 8.84. The number of aliphatic hydroxyl groups excluding tert-OH is 2. The van der Waals surface area contributed by atoms with Gasteiger partial charge in [0.2, 0.25) is 0 Å². The molecule has 2 atom stereocenters. The maximum atomic E-state index is 12.9. The zero-order valence-electron chi connectivity index (χ0n) is 34.6. The molecule has 50 heavy (non-hydrogen) atoms. The van der Waals surface area contributed by atoms with Gasteiger partial charge in [-0.3, -0.25) is 9.79 Å². The summed E-state index contributed by atoms with van der Waals surface area (Å²) < 4.78 is 8.19. The molecule has 2 rings (SSSR count). The molecule has 8 heteroatoms. The molecule has 0 aliphatic heterocycles. The predicted octanol–water partition coefficient (Wildman–Crippen LogP) is 9.09. The number of benzene rings is 1. The van der Waals surface area contributed by atoms with E-state index in [1.165, 1.54) is 5.56 Å². The number of aromatic hydroxyl groups is 1. The zero-order chi connectivity index (χ0) is 39.8. The summed E-state index contributed by atoms with van der Waals surface area (Å²) in [6.45, 7) is 37.8. The molecule has 0 saturated heterocycles. The van der Waals surface area contributed by atoms with Crippen LogP contribution >= 0.6 is 0 Å². The molecule has 1 aromatic carbocycles.